The lowest BCUT2D eigenvalue weighted by molar-refractivity contribution is 0.0697. The number of allylic oxidation sites excluding steroid dienone is 2. The average Bonchev–Trinajstić information content (AvgIpc) is 2.70. The summed E-state index contributed by atoms with van der Waals surface area (Å²) in [4.78, 5) is 11.3. The Balaban J connectivity index is 1.94. The van der Waals surface area contributed by atoms with Crippen molar-refractivity contribution >= 4 is 11.7 Å². The number of hydrogen-bond donors (Lipinski definition) is 2. The first-order chi connectivity index (χ1) is 14.2. The highest BCUT2D eigenvalue weighted by Crippen LogP contribution is 2.20. The van der Waals surface area contributed by atoms with Crippen molar-refractivity contribution in [1.29, 1.82) is 0 Å². The van der Waals surface area contributed by atoms with Gasteiger partial charge in [0.2, 0.25) is 0 Å². The molecule has 3 heteroatoms. The van der Waals surface area contributed by atoms with E-state index in [0.717, 1.165) is 24.8 Å². The van der Waals surface area contributed by atoms with E-state index in [9.17, 15) is 9.90 Å². The van der Waals surface area contributed by atoms with E-state index in [1.807, 2.05) is 12.1 Å². The summed E-state index contributed by atoms with van der Waals surface area (Å²) in [5.74, 6) is -0.917. The normalized spacial score (nSPS) is 11.3. The molecule has 0 heterocycles. The molecule has 1 rings (SSSR count). The van der Waals surface area contributed by atoms with Gasteiger partial charge < -0.3 is 10.8 Å². The number of aryl methyl sites for hydroxylation is 1. The summed E-state index contributed by atoms with van der Waals surface area (Å²) in [6.07, 6.45) is 24.9. The lowest BCUT2D eigenvalue weighted by Gasteiger charge is -2.08. The Labute approximate surface area is 178 Å². The van der Waals surface area contributed by atoms with E-state index in [1.54, 1.807) is 6.07 Å². The maximum Gasteiger partial charge on any atom is 0.338 e. The van der Waals surface area contributed by atoms with Crippen LogP contribution in [0.1, 0.15) is 119 Å². The molecule has 0 radical (unpaired) electrons. The summed E-state index contributed by atoms with van der Waals surface area (Å²) in [6.45, 7) is 2.27. The number of carboxylic acids is 1. The van der Waals surface area contributed by atoms with Gasteiger partial charge in [-0.05, 0) is 50.2 Å². The van der Waals surface area contributed by atoms with Crippen LogP contribution in [0.5, 0.6) is 0 Å². The second kappa shape index (κ2) is 17.1. The van der Waals surface area contributed by atoms with Crippen LogP contribution < -0.4 is 5.73 Å². The first-order valence-electron chi connectivity index (χ1n) is 11.9. The van der Waals surface area contributed by atoms with E-state index >= 15 is 0 Å². The topological polar surface area (TPSA) is 63.3 Å². The van der Waals surface area contributed by atoms with Crippen LogP contribution >= 0.6 is 0 Å². The molecule has 0 spiro atoms. The number of unbranched alkanes of at least 4 members (excludes halogenated alkanes) is 13. The van der Waals surface area contributed by atoms with Crippen LogP contribution in [0, 0.1) is 0 Å². The van der Waals surface area contributed by atoms with Crippen molar-refractivity contribution < 1.29 is 9.90 Å². The molecular weight excluding hydrogens is 358 g/mol. The van der Waals surface area contributed by atoms with Gasteiger partial charge in [-0.15, -0.1) is 0 Å². The van der Waals surface area contributed by atoms with Gasteiger partial charge in [-0.2, -0.15) is 0 Å². The molecule has 0 amide bonds. The van der Waals surface area contributed by atoms with Crippen LogP contribution in [0.25, 0.3) is 0 Å². The number of nitrogen functional groups attached to an aromatic ring is 1. The Morgan fingerprint density at radius 3 is 1.90 bits per heavy atom. The number of anilines is 1. The molecule has 0 bridgehead atoms. The molecule has 0 saturated carbocycles. The zero-order chi connectivity index (χ0) is 21.2. The zero-order valence-electron chi connectivity index (χ0n) is 18.6. The van der Waals surface area contributed by atoms with Crippen molar-refractivity contribution in [3.05, 3.63) is 41.5 Å². The molecule has 0 aromatic heterocycles. The first kappa shape index (κ1) is 25.3. The average molecular weight is 402 g/mol. The number of benzene rings is 1. The molecule has 0 saturated heterocycles. The van der Waals surface area contributed by atoms with E-state index < -0.39 is 5.97 Å². The predicted octanol–water partition coefficient (Wildman–Crippen LogP) is 7.94. The summed E-state index contributed by atoms with van der Waals surface area (Å²) in [5.41, 5.74) is 7.33. The molecule has 1 aromatic rings. The van der Waals surface area contributed by atoms with Gasteiger partial charge in [0.1, 0.15) is 0 Å². The second-order valence-electron chi connectivity index (χ2n) is 8.23. The minimum Gasteiger partial charge on any atom is -0.478 e. The summed E-state index contributed by atoms with van der Waals surface area (Å²) >= 11 is 0. The third kappa shape index (κ3) is 12.4. The van der Waals surface area contributed by atoms with Crippen molar-refractivity contribution in [1.82, 2.24) is 0 Å². The summed E-state index contributed by atoms with van der Waals surface area (Å²) in [7, 11) is 0. The van der Waals surface area contributed by atoms with Crippen LogP contribution in [0.4, 0.5) is 5.69 Å². The minimum atomic E-state index is -0.917. The van der Waals surface area contributed by atoms with Crippen molar-refractivity contribution in [3.8, 4) is 0 Å². The fourth-order valence-electron chi connectivity index (χ4n) is 3.83. The minimum absolute atomic E-state index is 0.289. The van der Waals surface area contributed by atoms with E-state index in [2.05, 4.69) is 19.1 Å². The van der Waals surface area contributed by atoms with Crippen molar-refractivity contribution in [2.24, 2.45) is 0 Å². The Kier molecular flexibility index (Phi) is 14.9. The van der Waals surface area contributed by atoms with E-state index in [4.69, 9.17) is 5.73 Å². The Morgan fingerprint density at radius 2 is 1.34 bits per heavy atom. The van der Waals surface area contributed by atoms with Gasteiger partial charge in [-0.25, -0.2) is 4.79 Å². The SMILES string of the molecule is CCCCCCCC/C=C\CCCCCCCCCc1cccc(N)c1C(=O)O. The van der Waals surface area contributed by atoms with Gasteiger partial charge >= 0.3 is 5.97 Å². The molecule has 0 aliphatic carbocycles. The molecule has 0 atom stereocenters. The fourth-order valence-corrected chi connectivity index (χ4v) is 3.83. The van der Waals surface area contributed by atoms with Crippen molar-refractivity contribution in [2.45, 2.75) is 110 Å². The number of nitrogens with two attached hydrogens (primary N) is 1. The van der Waals surface area contributed by atoms with Gasteiger partial charge in [-0.3, -0.25) is 0 Å². The standard InChI is InChI=1S/C26H43NO2/c1-2-3-4-5-6-7-8-9-10-11-12-13-14-15-16-17-18-20-23-21-19-22-24(27)25(23)26(28)29/h9-10,19,21-22H,2-8,11-18,20,27H2,1H3,(H,28,29)/b10-9-. The largest absolute Gasteiger partial charge is 0.478 e. The smallest absolute Gasteiger partial charge is 0.338 e. The molecule has 0 unspecified atom stereocenters. The van der Waals surface area contributed by atoms with E-state index in [-0.39, 0.29) is 5.56 Å². The number of aromatic carboxylic acids is 1. The summed E-state index contributed by atoms with van der Waals surface area (Å²) in [5, 5.41) is 9.31. The molecule has 0 aliphatic heterocycles. The maximum absolute atomic E-state index is 11.3. The predicted molar refractivity (Wildman–Crippen MR) is 126 cm³/mol. The highest BCUT2D eigenvalue weighted by atomic mass is 16.4. The van der Waals surface area contributed by atoms with Crippen LogP contribution in [-0.2, 0) is 6.42 Å². The molecule has 1 aromatic carbocycles. The molecule has 3 nitrogen and oxygen atoms in total. The summed E-state index contributed by atoms with van der Waals surface area (Å²) in [6, 6.07) is 5.40. The van der Waals surface area contributed by atoms with Gasteiger partial charge in [0.05, 0.1) is 5.56 Å². The maximum atomic E-state index is 11.3. The quantitative estimate of drug-likeness (QED) is 0.149. The van der Waals surface area contributed by atoms with Crippen LogP contribution in [0.3, 0.4) is 0 Å². The van der Waals surface area contributed by atoms with Crippen LogP contribution in [0.15, 0.2) is 30.4 Å². The van der Waals surface area contributed by atoms with Gasteiger partial charge in [0, 0.05) is 5.69 Å². The molecule has 0 fully saturated rings. The Bertz CT molecular complexity index is 580. The van der Waals surface area contributed by atoms with E-state index in [0.29, 0.717) is 5.69 Å². The molecule has 164 valence electrons. The van der Waals surface area contributed by atoms with Crippen molar-refractivity contribution in [3.63, 3.8) is 0 Å². The van der Waals surface area contributed by atoms with E-state index in [1.165, 1.54) is 83.5 Å². The number of hydrogen-bond acceptors (Lipinski definition) is 2. The van der Waals surface area contributed by atoms with Gasteiger partial charge in [-0.1, -0.05) is 95.4 Å². The highest BCUT2D eigenvalue weighted by molar-refractivity contribution is 5.95. The number of carboxylic acid groups (broad SMARTS) is 1. The molecule has 29 heavy (non-hydrogen) atoms. The Hall–Kier alpha value is -1.77. The highest BCUT2D eigenvalue weighted by Gasteiger charge is 2.12. The monoisotopic (exact) mass is 401 g/mol. The number of carbonyl (C=O) groups is 1. The van der Waals surface area contributed by atoms with Gasteiger partial charge in [0.25, 0.3) is 0 Å². The van der Waals surface area contributed by atoms with Crippen LogP contribution in [0.2, 0.25) is 0 Å². The Morgan fingerprint density at radius 1 is 0.828 bits per heavy atom. The molecule has 3 N–H and O–H groups in total. The third-order valence-corrected chi connectivity index (χ3v) is 5.60. The van der Waals surface area contributed by atoms with Crippen LogP contribution in [-0.4, -0.2) is 11.1 Å². The molecular formula is C26H43NO2. The zero-order valence-corrected chi connectivity index (χ0v) is 18.6. The summed E-state index contributed by atoms with van der Waals surface area (Å²) < 4.78 is 0. The number of rotatable bonds is 18. The lowest BCUT2D eigenvalue weighted by atomic mass is 9.99. The van der Waals surface area contributed by atoms with Gasteiger partial charge in [0.15, 0.2) is 0 Å². The first-order valence-corrected chi connectivity index (χ1v) is 11.9. The fraction of sp³-hybridized carbons (Fsp3) is 0.654. The van der Waals surface area contributed by atoms with Crippen molar-refractivity contribution in [2.75, 3.05) is 5.73 Å². The lowest BCUT2D eigenvalue weighted by Crippen LogP contribution is -2.07. The third-order valence-electron chi connectivity index (χ3n) is 5.60. The second-order valence-corrected chi connectivity index (χ2v) is 8.23. The molecule has 0 aliphatic rings.